The van der Waals surface area contributed by atoms with Gasteiger partial charge in [-0.2, -0.15) is 15.0 Å². The van der Waals surface area contributed by atoms with Gasteiger partial charge in [0.15, 0.2) is 0 Å². The number of ether oxygens (including phenoxy) is 1. The molecule has 1 heterocycles. The Bertz CT molecular complexity index is 523. The minimum absolute atomic E-state index is 0.103. The van der Waals surface area contributed by atoms with E-state index in [0.717, 1.165) is 0 Å². The molecule has 0 aliphatic rings. The second kappa shape index (κ2) is 4.44. The Morgan fingerprint density at radius 1 is 1.00 bits per heavy atom. The highest BCUT2D eigenvalue weighted by atomic mass is 16.5. The first kappa shape index (κ1) is 10.8. The van der Waals surface area contributed by atoms with Crippen molar-refractivity contribution < 1.29 is 9.53 Å². The molecule has 0 saturated heterocycles. The van der Waals surface area contributed by atoms with Gasteiger partial charge in [0.1, 0.15) is 0 Å². The van der Waals surface area contributed by atoms with E-state index in [-0.39, 0.29) is 17.9 Å². The average molecular weight is 231 g/mol. The lowest BCUT2D eigenvalue weighted by Crippen LogP contribution is -2.12. The number of aromatic nitrogens is 3. The van der Waals surface area contributed by atoms with Gasteiger partial charge in [0.05, 0.1) is 5.56 Å². The fraction of sp³-hybridized carbons (Fsp3) is 0. The Kier molecular flexibility index (Phi) is 2.82. The van der Waals surface area contributed by atoms with Crippen LogP contribution in [0.25, 0.3) is 0 Å². The summed E-state index contributed by atoms with van der Waals surface area (Å²) in [7, 11) is 0. The number of carbonyl (C=O) groups excluding carboxylic acids is 1. The van der Waals surface area contributed by atoms with Crippen LogP contribution >= 0.6 is 0 Å². The molecule has 0 radical (unpaired) electrons. The quantitative estimate of drug-likeness (QED) is 0.711. The fourth-order valence-corrected chi connectivity index (χ4v) is 1.15. The highest BCUT2D eigenvalue weighted by Crippen LogP contribution is 2.09. The van der Waals surface area contributed by atoms with E-state index in [1.54, 1.807) is 30.3 Å². The van der Waals surface area contributed by atoms with Crippen LogP contribution in [0.5, 0.6) is 6.01 Å². The number of hydrogen-bond donors (Lipinski definition) is 2. The molecule has 0 atom stereocenters. The van der Waals surface area contributed by atoms with E-state index in [1.165, 1.54) is 0 Å². The van der Waals surface area contributed by atoms with Crippen LogP contribution in [-0.2, 0) is 0 Å². The minimum atomic E-state index is -0.587. The molecular weight excluding hydrogens is 222 g/mol. The molecule has 2 rings (SSSR count). The second-order valence-corrected chi connectivity index (χ2v) is 3.09. The zero-order valence-corrected chi connectivity index (χ0v) is 8.70. The highest BCUT2D eigenvalue weighted by Gasteiger charge is 2.11. The number of nitrogens with two attached hydrogens (primary N) is 2. The first-order valence-corrected chi connectivity index (χ1v) is 4.69. The summed E-state index contributed by atoms with van der Waals surface area (Å²) in [5.74, 6) is -0.794. The van der Waals surface area contributed by atoms with Crippen molar-refractivity contribution in [1.29, 1.82) is 0 Å². The third-order valence-corrected chi connectivity index (χ3v) is 1.84. The number of esters is 1. The molecule has 2 aromatic rings. The highest BCUT2D eigenvalue weighted by molar-refractivity contribution is 5.90. The summed E-state index contributed by atoms with van der Waals surface area (Å²) in [6.07, 6.45) is 0. The van der Waals surface area contributed by atoms with Crippen molar-refractivity contribution in [3.05, 3.63) is 35.9 Å². The molecular formula is C10H9N5O2. The lowest BCUT2D eigenvalue weighted by molar-refractivity contribution is 0.0720. The molecule has 0 aliphatic carbocycles. The van der Waals surface area contributed by atoms with Crippen LogP contribution in [0.3, 0.4) is 0 Å². The lowest BCUT2D eigenvalue weighted by Gasteiger charge is -2.03. The topological polar surface area (TPSA) is 117 Å². The molecule has 86 valence electrons. The summed E-state index contributed by atoms with van der Waals surface area (Å²) in [4.78, 5) is 22.5. The molecule has 4 N–H and O–H groups in total. The van der Waals surface area contributed by atoms with Gasteiger partial charge in [-0.05, 0) is 12.1 Å². The van der Waals surface area contributed by atoms with Gasteiger partial charge in [0, 0.05) is 0 Å². The van der Waals surface area contributed by atoms with E-state index >= 15 is 0 Å². The van der Waals surface area contributed by atoms with Crippen molar-refractivity contribution in [3.8, 4) is 6.01 Å². The summed E-state index contributed by atoms with van der Waals surface area (Å²) < 4.78 is 4.90. The predicted octanol–water partition coefficient (Wildman–Crippen LogP) is 0.255. The number of benzene rings is 1. The maximum Gasteiger partial charge on any atom is 0.345 e. The summed E-state index contributed by atoms with van der Waals surface area (Å²) in [5.41, 5.74) is 11.1. The van der Waals surface area contributed by atoms with E-state index in [1.807, 2.05) is 0 Å². The van der Waals surface area contributed by atoms with Crippen molar-refractivity contribution in [1.82, 2.24) is 15.0 Å². The Balaban J connectivity index is 2.19. The molecule has 0 amide bonds. The van der Waals surface area contributed by atoms with Crippen LogP contribution in [0.15, 0.2) is 30.3 Å². The molecule has 1 aromatic heterocycles. The molecule has 7 nitrogen and oxygen atoms in total. The Morgan fingerprint density at radius 2 is 1.59 bits per heavy atom. The van der Waals surface area contributed by atoms with E-state index in [2.05, 4.69) is 15.0 Å². The van der Waals surface area contributed by atoms with E-state index in [4.69, 9.17) is 16.2 Å². The van der Waals surface area contributed by atoms with Crippen LogP contribution in [-0.4, -0.2) is 20.9 Å². The van der Waals surface area contributed by atoms with Gasteiger partial charge >= 0.3 is 12.0 Å². The van der Waals surface area contributed by atoms with E-state index in [9.17, 15) is 4.79 Å². The lowest BCUT2D eigenvalue weighted by atomic mass is 10.2. The zero-order chi connectivity index (χ0) is 12.3. The smallest absolute Gasteiger partial charge is 0.345 e. The first-order valence-electron chi connectivity index (χ1n) is 4.69. The Hall–Kier alpha value is -2.70. The van der Waals surface area contributed by atoms with Gasteiger partial charge in [0.2, 0.25) is 11.9 Å². The zero-order valence-electron chi connectivity index (χ0n) is 8.70. The molecule has 0 spiro atoms. The molecule has 1 aromatic carbocycles. The molecule has 0 saturated carbocycles. The van der Waals surface area contributed by atoms with Crippen molar-refractivity contribution in [3.63, 3.8) is 0 Å². The van der Waals surface area contributed by atoms with Crippen LogP contribution in [0.4, 0.5) is 11.9 Å². The number of nitrogen functional groups attached to an aromatic ring is 2. The van der Waals surface area contributed by atoms with Crippen molar-refractivity contribution in [2.45, 2.75) is 0 Å². The summed E-state index contributed by atoms with van der Waals surface area (Å²) >= 11 is 0. The van der Waals surface area contributed by atoms with Crippen molar-refractivity contribution in [2.75, 3.05) is 11.5 Å². The van der Waals surface area contributed by atoms with Gasteiger partial charge in [-0.25, -0.2) is 4.79 Å². The Morgan fingerprint density at radius 3 is 2.18 bits per heavy atom. The van der Waals surface area contributed by atoms with Gasteiger partial charge in [-0.15, -0.1) is 0 Å². The predicted molar refractivity (Wildman–Crippen MR) is 60.1 cm³/mol. The molecule has 17 heavy (non-hydrogen) atoms. The van der Waals surface area contributed by atoms with Crippen LogP contribution in [0.1, 0.15) is 10.4 Å². The third kappa shape index (κ3) is 2.65. The maximum atomic E-state index is 11.6. The monoisotopic (exact) mass is 231 g/mol. The first-order chi connectivity index (χ1) is 8.15. The van der Waals surface area contributed by atoms with Crippen molar-refractivity contribution in [2.24, 2.45) is 0 Å². The molecule has 0 aliphatic heterocycles. The number of rotatable bonds is 2. The van der Waals surface area contributed by atoms with Gasteiger partial charge in [0.25, 0.3) is 0 Å². The Labute approximate surface area is 96.5 Å². The van der Waals surface area contributed by atoms with Crippen LogP contribution in [0, 0.1) is 0 Å². The summed E-state index contributed by atoms with van der Waals surface area (Å²) in [5, 5.41) is 0. The largest absolute Gasteiger partial charge is 0.387 e. The van der Waals surface area contributed by atoms with Crippen LogP contribution < -0.4 is 16.2 Å². The summed E-state index contributed by atoms with van der Waals surface area (Å²) in [6.45, 7) is 0. The normalized spacial score (nSPS) is 9.88. The average Bonchev–Trinajstić information content (AvgIpc) is 2.28. The number of hydrogen-bond acceptors (Lipinski definition) is 7. The van der Waals surface area contributed by atoms with Gasteiger partial charge < -0.3 is 16.2 Å². The fourth-order valence-electron chi connectivity index (χ4n) is 1.15. The SMILES string of the molecule is Nc1nc(N)nc(OC(=O)c2ccccc2)n1. The third-order valence-electron chi connectivity index (χ3n) is 1.84. The van der Waals surface area contributed by atoms with Crippen molar-refractivity contribution >= 4 is 17.9 Å². The van der Waals surface area contributed by atoms with Gasteiger partial charge in [-0.1, -0.05) is 18.2 Å². The molecule has 0 bridgehead atoms. The van der Waals surface area contributed by atoms with E-state index in [0.29, 0.717) is 5.56 Å². The standard InChI is InChI=1S/C10H9N5O2/c11-8-13-9(12)15-10(14-8)17-7(16)6-4-2-1-3-5-6/h1-5H,(H4,11,12,13,14,15). The molecule has 7 heteroatoms. The van der Waals surface area contributed by atoms with E-state index < -0.39 is 5.97 Å². The second-order valence-electron chi connectivity index (χ2n) is 3.09. The molecule has 0 fully saturated rings. The number of carbonyl (C=O) groups is 1. The van der Waals surface area contributed by atoms with Gasteiger partial charge in [-0.3, -0.25) is 0 Å². The number of nitrogens with zero attached hydrogens (tertiary/aromatic N) is 3. The number of anilines is 2. The molecule has 0 unspecified atom stereocenters. The minimum Gasteiger partial charge on any atom is -0.387 e. The summed E-state index contributed by atoms with van der Waals surface area (Å²) in [6, 6.07) is 8.21. The van der Waals surface area contributed by atoms with Crippen LogP contribution in [0.2, 0.25) is 0 Å². The maximum absolute atomic E-state index is 11.6.